The Balaban J connectivity index is 1.29. The summed E-state index contributed by atoms with van der Waals surface area (Å²) in [7, 11) is 1.59. The van der Waals surface area contributed by atoms with Gasteiger partial charge in [0.2, 0.25) is 0 Å². The maximum atomic E-state index is 11.7. The number of benzene rings is 2. The molecule has 0 radical (unpaired) electrons. The van der Waals surface area contributed by atoms with Crippen molar-refractivity contribution in [2.24, 2.45) is 0 Å². The number of rotatable bonds is 6. The van der Waals surface area contributed by atoms with Crippen molar-refractivity contribution in [1.82, 2.24) is 35.2 Å². The van der Waals surface area contributed by atoms with Crippen molar-refractivity contribution >= 4 is 28.7 Å². The summed E-state index contributed by atoms with van der Waals surface area (Å²) < 4.78 is 7.59. The fourth-order valence-corrected chi connectivity index (χ4v) is 5.25. The summed E-state index contributed by atoms with van der Waals surface area (Å²) >= 11 is 0. The van der Waals surface area contributed by atoms with Gasteiger partial charge in [-0.05, 0) is 42.7 Å². The molecule has 2 aromatic heterocycles. The van der Waals surface area contributed by atoms with Crippen LogP contribution in [0.25, 0.3) is 22.6 Å². The summed E-state index contributed by atoms with van der Waals surface area (Å²) in [6.07, 6.45) is 1.97. The van der Waals surface area contributed by atoms with Gasteiger partial charge in [-0.3, -0.25) is 4.90 Å². The van der Waals surface area contributed by atoms with Gasteiger partial charge in [-0.2, -0.15) is 0 Å². The Morgan fingerprint density at radius 3 is 2.44 bits per heavy atom. The first-order valence-corrected chi connectivity index (χ1v) is 13.5. The van der Waals surface area contributed by atoms with E-state index in [-0.39, 0.29) is 12.1 Å². The Morgan fingerprint density at radius 2 is 1.72 bits per heavy atom. The Hall–Kier alpha value is -4.09. The van der Waals surface area contributed by atoms with E-state index in [9.17, 15) is 4.79 Å². The van der Waals surface area contributed by atoms with Gasteiger partial charge in [0.05, 0.1) is 19.3 Å². The number of urea groups is 1. The maximum absolute atomic E-state index is 11.7. The molecule has 2 aromatic carbocycles. The number of ether oxygens (including phenoxy) is 1. The number of nitrogens with zero attached hydrogens (tertiary/aromatic N) is 7. The molecule has 0 spiro atoms. The van der Waals surface area contributed by atoms with Crippen molar-refractivity contribution < 1.29 is 9.53 Å². The maximum Gasteiger partial charge on any atom is 0.318 e. The minimum Gasteiger partial charge on any atom is -0.378 e. The number of hydrogen-bond donors (Lipinski definition) is 2. The molecule has 0 atom stereocenters. The fourth-order valence-electron chi connectivity index (χ4n) is 5.25. The average molecular weight is 528 g/mol. The van der Waals surface area contributed by atoms with Gasteiger partial charge in [0.25, 0.3) is 0 Å². The molecule has 6 rings (SSSR count). The first-order valence-electron chi connectivity index (χ1n) is 13.5. The van der Waals surface area contributed by atoms with E-state index in [1.807, 2.05) is 28.9 Å². The summed E-state index contributed by atoms with van der Waals surface area (Å²) in [5.74, 6) is 1.40. The number of fused-ring (bicyclic) bond motifs is 1. The first kappa shape index (κ1) is 25.2. The SMILES string of the molecule is CNC(=O)Nc1ccc(-c2nc(N3CCOCC3)c3nnn(C4CCN(Cc5ccccc5)CC4)c3n2)cc1. The molecule has 39 heavy (non-hydrogen) atoms. The first-order chi connectivity index (χ1) is 19.2. The third kappa shape index (κ3) is 5.55. The number of carbonyl (C=O) groups excluding carboxylic acids is 1. The van der Waals surface area contributed by atoms with Crippen LogP contribution in [0.5, 0.6) is 0 Å². The second-order valence-corrected chi connectivity index (χ2v) is 9.95. The lowest BCUT2D eigenvalue weighted by Gasteiger charge is -2.32. The highest BCUT2D eigenvalue weighted by atomic mass is 16.5. The van der Waals surface area contributed by atoms with Crippen LogP contribution in [0.15, 0.2) is 54.6 Å². The fraction of sp³-hybridized carbons (Fsp3) is 0.393. The third-order valence-corrected chi connectivity index (χ3v) is 7.40. The molecule has 0 bridgehead atoms. The van der Waals surface area contributed by atoms with Gasteiger partial charge in [0.1, 0.15) is 0 Å². The number of hydrogen-bond acceptors (Lipinski definition) is 8. The molecule has 2 aliphatic heterocycles. The molecular formula is C28H33N9O2. The van der Waals surface area contributed by atoms with Crippen LogP contribution in [0.4, 0.5) is 16.3 Å². The monoisotopic (exact) mass is 527 g/mol. The zero-order chi connectivity index (χ0) is 26.6. The number of piperidine rings is 1. The Bertz CT molecular complexity index is 1410. The minimum atomic E-state index is -0.264. The smallest absolute Gasteiger partial charge is 0.318 e. The standard InChI is InChI=1S/C28H33N9O2/c1-29-28(38)30-22-9-7-21(8-10-22)25-31-26(36-15-17-39-18-16-36)24-27(32-25)37(34-33-24)23-11-13-35(14-12-23)19-20-5-3-2-4-6-20/h2-10,23H,11-19H2,1H3,(H2,29,30,38). The van der Waals surface area contributed by atoms with Crippen LogP contribution in [-0.2, 0) is 11.3 Å². The van der Waals surface area contributed by atoms with Gasteiger partial charge in [0, 0.05) is 51.0 Å². The van der Waals surface area contributed by atoms with E-state index in [0.29, 0.717) is 24.7 Å². The number of nitrogens with one attached hydrogen (secondary N) is 2. The molecule has 4 aromatic rings. The second-order valence-electron chi connectivity index (χ2n) is 9.95. The van der Waals surface area contributed by atoms with Gasteiger partial charge < -0.3 is 20.3 Å². The van der Waals surface area contributed by atoms with Crippen LogP contribution in [0.3, 0.4) is 0 Å². The van der Waals surface area contributed by atoms with Crippen LogP contribution in [0.1, 0.15) is 24.4 Å². The number of amides is 2. The average Bonchev–Trinajstić information content (AvgIpc) is 3.42. The molecule has 11 heteroatoms. The molecule has 2 amide bonds. The molecule has 0 aliphatic carbocycles. The number of anilines is 2. The van der Waals surface area contributed by atoms with Crippen LogP contribution < -0.4 is 15.5 Å². The van der Waals surface area contributed by atoms with Gasteiger partial charge >= 0.3 is 6.03 Å². The van der Waals surface area contributed by atoms with Gasteiger partial charge in [-0.15, -0.1) is 5.10 Å². The highest BCUT2D eigenvalue weighted by molar-refractivity contribution is 5.89. The summed E-state index contributed by atoms with van der Waals surface area (Å²) in [4.78, 5) is 26.3. The predicted octanol–water partition coefficient (Wildman–Crippen LogP) is 3.31. The van der Waals surface area contributed by atoms with E-state index in [0.717, 1.165) is 68.1 Å². The lowest BCUT2D eigenvalue weighted by Crippen LogP contribution is -2.37. The summed E-state index contributed by atoms with van der Waals surface area (Å²) in [5.41, 5.74) is 4.38. The van der Waals surface area contributed by atoms with Gasteiger partial charge in [0.15, 0.2) is 22.8 Å². The summed E-state index contributed by atoms with van der Waals surface area (Å²) in [6, 6.07) is 18.1. The van der Waals surface area contributed by atoms with E-state index in [4.69, 9.17) is 14.7 Å². The number of aromatic nitrogens is 5. The van der Waals surface area contributed by atoms with Gasteiger partial charge in [-0.1, -0.05) is 35.5 Å². The third-order valence-electron chi connectivity index (χ3n) is 7.40. The molecule has 2 saturated heterocycles. The highest BCUT2D eigenvalue weighted by Crippen LogP contribution is 2.31. The van der Waals surface area contributed by atoms with Crippen molar-refractivity contribution in [1.29, 1.82) is 0 Å². The van der Waals surface area contributed by atoms with Crippen LogP contribution in [0.2, 0.25) is 0 Å². The van der Waals surface area contributed by atoms with E-state index in [2.05, 4.69) is 61.1 Å². The Labute approximate surface area is 227 Å². The number of carbonyl (C=O) groups is 1. The zero-order valence-electron chi connectivity index (χ0n) is 22.1. The van der Waals surface area contributed by atoms with E-state index < -0.39 is 0 Å². The van der Waals surface area contributed by atoms with E-state index >= 15 is 0 Å². The topological polar surface area (TPSA) is 113 Å². The van der Waals surface area contributed by atoms with Crippen molar-refractivity contribution in [2.75, 3.05) is 56.7 Å². The van der Waals surface area contributed by atoms with Crippen molar-refractivity contribution in [3.63, 3.8) is 0 Å². The van der Waals surface area contributed by atoms with Crippen molar-refractivity contribution in [3.05, 3.63) is 60.2 Å². The highest BCUT2D eigenvalue weighted by Gasteiger charge is 2.27. The summed E-state index contributed by atoms with van der Waals surface area (Å²) in [6.45, 7) is 5.73. The lowest BCUT2D eigenvalue weighted by atomic mass is 10.0. The number of likely N-dealkylation sites (tertiary alicyclic amines) is 1. The molecule has 11 nitrogen and oxygen atoms in total. The Kier molecular flexibility index (Phi) is 7.33. The molecule has 2 aliphatic rings. The quantitative estimate of drug-likeness (QED) is 0.393. The molecule has 0 saturated carbocycles. The normalized spacial score (nSPS) is 16.9. The van der Waals surface area contributed by atoms with Crippen molar-refractivity contribution in [2.45, 2.75) is 25.4 Å². The molecular weight excluding hydrogens is 494 g/mol. The second kappa shape index (κ2) is 11.3. The van der Waals surface area contributed by atoms with Crippen LogP contribution >= 0.6 is 0 Å². The molecule has 0 unspecified atom stereocenters. The minimum absolute atomic E-state index is 0.224. The predicted molar refractivity (Wildman–Crippen MR) is 150 cm³/mol. The van der Waals surface area contributed by atoms with E-state index in [1.165, 1.54) is 5.56 Å². The summed E-state index contributed by atoms with van der Waals surface area (Å²) in [5, 5.41) is 14.5. The van der Waals surface area contributed by atoms with Crippen molar-refractivity contribution in [3.8, 4) is 11.4 Å². The zero-order valence-corrected chi connectivity index (χ0v) is 22.1. The largest absolute Gasteiger partial charge is 0.378 e. The van der Waals surface area contributed by atoms with Crippen LogP contribution in [0, 0.1) is 0 Å². The van der Waals surface area contributed by atoms with Gasteiger partial charge in [-0.25, -0.2) is 19.4 Å². The number of morpholine rings is 1. The Morgan fingerprint density at radius 1 is 0.974 bits per heavy atom. The van der Waals surface area contributed by atoms with Crippen LogP contribution in [-0.4, -0.2) is 82.3 Å². The lowest BCUT2D eigenvalue weighted by molar-refractivity contribution is 0.122. The molecule has 2 fully saturated rings. The van der Waals surface area contributed by atoms with E-state index in [1.54, 1.807) is 7.05 Å². The molecule has 4 heterocycles. The molecule has 2 N–H and O–H groups in total. The molecule has 202 valence electrons.